The van der Waals surface area contributed by atoms with Gasteiger partial charge in [0.1, 0.15) is 0 Å². The van der Waals surface area contributed by atoms with Crippen molar-refractivity contribution in [2.24, 2.45) is 0 Å². The summed E-state index contributed by atoms with van der Waals surface area (Å²) in [7, 11) is -2.80. The summed E-state index contributed by atoms with van der Waals surface area (Å²) in [6.45, 7) is 1.51. The Bertz CT molecular complexity index is 127. The van der Waals surface area contributed by atoms with Crippen LogP contribution in [0.5, 0.6) is 0 Å². The lowest BCUT2D eigenvalue weighted by atomic mass is 10.6. The van der Waals surface area contributed by atoms with E-state index in [1.165, 1.54) is 6.92 Å². The van der Waals surface area contributed by atoms with Crippen molar-refractivity contribution >= 4 is 15.8 Å². The van der Waals surface area contributed by atoms with Crippen LogP contribution in [0, 0.1) is 0 Å². The Balaban J connectivity index is 3.83. The van der Waals surface area contributed by atoms with E-state index < -0.39 is 15.8 Å². The van der Waals surface area contributed by atoms with E-state index in [1.54, 1.807) is 0 Å². The first-order chi connectivity index (χ1) is 3.18. The lowest BCUT2D eigenvalue weighted by molar-refractivity contribution is -0.111. The zero-order valence-corrected chi connectivity index (χ0v) is 4.77. The molecule has 0 amide bonds. The molecule has 0 aromatic heterocycles. The molecule has 0 aromatic rings. The maximum Gasteiger partial charge on any atom is 0.243 e. The van der Waals surface area contributed by atoms with Gasteiger partial charge < -0.3 is 0 Å². The van der Waals surface area contributed by atoms with E-state index in [0.29, 0.717) is 0 Å². The summed E-state index contributed by atoms with van der Waals surface area (Å²) < 4.78 is 19.2. The van der Waals surface area contributed by atoms with Gasteiger partial charge in [0.15, 0.2) is 0 Å². The molecular weight excluding hydrogens is 116 g/mol. The molecule has 42 valence electrons. The Labute approximate surface area is 43.3 Å². The topological polar surface area (TPSA) is 51.2 Å². The van der Waals surface area contributed by atoms with Crippen molar-refractivity contribution in [2.45, 2.75) is 13.3 Å². The van der Waals surface area contributed by atoms with Gasteiger partial charge in [-0.2, -0.15) is 0 Å². The zero-order valence-electron chi connectivity index (χ0n) is 3.88. The van der Waals surface area contributed by atoms with Gasteiger partial charge in [0.25, 0.3) is 0 Å². The average molecular weight is 122 g/mol. The van der Waals surface area contributed by atoms with Crippen molar-refractivity contribution < 1.29 is 13.2 Å². The van der Waals surface area contributed by atoms with E-state index in [9.17, 15) is 13.2 Å². The van der Waals surface area contributed by atoms with Gasteiger partial charge in [0, 0.05) is 6.42 Å². The molecule has 0 aliphatic heterocycles. The second kappa shape index (κ2) is 2.74. The minimum atomic E-state index is -2.80. The van der Waals surface area contributed by atoms with Crippen LogP contribution in [0.2, 0.25) is 0 Å². The van der Waals surface area contributed by atoms with Crippen LogP contribution in [0.1, 0.15) is 13.3 Å². The zero-order chi connectivity index (χ0) is 5.86. The van der Waals surface area contributed by atoms with Crippen LogP contribution in [0.25, 0.3) is 0 Å². The maximum absolute atomic E-state index is 9.92. The van der Waals surface area contributed by atoms with E-state index in [-0.39, 0.29) is 6.42 Å². The first kappa shape index (κ1) is 6.62. The quantitative estimate of drug-likeness (QED) is 0.478. The molecule has 0 aliphatic carbocycles. The van der Waals surface area contributed by atoms with Gasteiger partial charge in [0.2, 0.25) is 15.8 Å². The third-order valence-corrected chi connectivity index (χ3v) is 1.23. The summed E-state index contributed by atoms with van der Waals surface area (Å²) in [6, 6.07) is 0. The highest BCUT2D eigenvalue weighted by molar-refractivity contribution is 7.89. The fourth-order valence-electron chi connectivity index (χ4n) is 0.129. The first-order valence-corrected chi connectivity index (χ1v) is 3.03. The molecule has 0 saturated carbocycles. The highest BCUT2D eigenvalue weighted by Gasteiger charge is 1.95. The molecule has 0 bridgehead atoms. The molecule has 0 rings (SSSR count). The van der Waals surface area contributed by atoms with Crippen molar-refractivity contribution in [3.05, 3.63) is 0 Å². The first-order valence-electron chi connectivity index (χ1n) is 1.85. The minimum Gasteiger partial charge on any atom is -0.282 e. The number of carbonyl (C=O) groups excluding carboxylic acids is 1. The standard InChI is InChI=1S/C3H6O3S/c1-2-3(4)7(5)6/h7H,2H2,1H3. The van der Waals surface area contributed by atoms with Crippen LogP contribution in [0.3, 0.4) is 0 Å². The van der Waals surface area contributed by atoms with Gasteiger partial charge in [-0.25, -0.2) is 8.42 Å². The fourth-order valence-corrected chi connectivity index (χ4v) is 0.387. The number of thiol groups is 1. The van der Waals surface area contributed by atoms with Crippen LogP contribution in [-0.4, -0.2) is 13.5 Å². The molecular formula is C3H6O3S. The second-order valence-electron chi connectivity index (χ2n) is 1.00. The predicted molar refractivity (Wildman–Crippen MR) is 25.6 cm³/mol. The lowest BCUT2D eigenvalue weighted by Crippen LogP contribution is -1.94. The van der Waals surface area contributed by atoms with Gasteiger partial charge in [-0.15, -0.1) is 0 Å². The van der Waals surface area contributed by atoms with Crippen LogP contribution >= 0.6 is 0 Å². The smallest absolute Gasteiger partial charge is 0.243 e. The van der Waals surface area contributed by atoms with Crippen molar-refractivity contribution in [3.8, 4) is 0 Å². The number of hydrogen-bond acceptors (Lipinski definition) is 3. The number of hydrogen-bond donors (Lipinski definition) is 1. The fraction of sp³-hybridized carbons (Fsp3) is 0.667. The van der Waals surface area contributed by atoms with Crippen molar-refractivity contribution in [3.63, 3.8) is 0 Å². The molecule has 0 atom stereocenters. The van der Waals surface area contributed by atoms with E-state index in [1.807, 2.05) is 0 Å². The Morgan fingerprint density at radius 3 is 2.00 bits per heavy atom. The second-order valence-corrected chi connectivity index (χ2v) is 2.02. The molecule has 3 nitrogen and oxygen atoms in total. The van der Waals surface area contributed by atoms with E-state index in [4.69, 9.17) is 0 Å². The SMILES string of the molecule is CCC(=O)[SH](=O)=O. The van der Waals surface area contributed by atoms with Crippen molar-refractivity contribution in [2.75, 3.05) is 0 Å². The van der Waals surface area contributed by atoms with Gasteiger partial charge in [-0.05, 0) is 0 Å². The molecule has 0 unspecified atom stereocenters. The third-order valence-electron chi connectivity index (χ3n) is 0.506. The highest BCUT2D eigenvalue weighted by Crippen LogP contribution is 1.76. The van der Waals surface area contributed by atoms with Gasteiger partial charge >= 0.3 is 0 Å². The lowest BCUT2D eigenvalue weighted by Gasteiger charge is -1.74. The molecule has 0 spiro atoms. The summed E-state index contributed by atoms with van der Waals surface area (Å²) in [5.74, 6) is 0. The van der Waals surface area contributed by atoms with Crippen molar-refractivity contribution in [1.82, 2.24) is 0 Å². The monoisotopic (exact) mass is 122 g/mol. The van der Waals surface area contributed by atoms with Crippen LogP contribution in [-0.2, 0) is 15.5 Å². The Kier molecular flexibility index (Phi) is 2.59. The van der Waals surface area contributed by atoms with Crippen LogP contribution < -0.4 is 0 Å². The molecule has 0 aliphatic rings. The number of rotatable bonds is 1. The largest absolute Gasteiger partial charge is 0.282 e. The Hall–Kier alpha value is -0.380. The van der Waals surface area contributed by atoms with Gasteiger partial charge in [-0.3, -0.25) is 4.79 Å². The van der Waals surface area contributed by atoms with E-state index >= 15 is 0 Å². The maximum atomic E-state index is 9.92. The normalized spacial score (nSPS) is 9.43. The average Bonchev–Trinajstić information content (AvgIpc) is 1.65. The molecule has 0 N–H and O–H groups in total. The van der Waals surface area contributed by atoms with E-state index in [0.717, 1.165) is 0 Å². The predicted octanol–water partition coefficient (Wildman–Crippen LogP) is -0.466. The molecule has 0 fully saturated rings. The van der Waals surface area contributed by atoms with Gasteiger partial charge in [0.05, 0.1) is 0 Å². The Morgan fingerprint density at radius 1 is 1.57 bits per heavy atom. The van der Waals surface area contributed by atoms with Crippen LogP contribution in [0.15, 0.2) is 0 Å². The van der Waals surface area contributed by atoms with Crippen LogP contribution in [0.4, 0.5) is 0 Å². The summed E-state index contributed by atoms with van der Waals surface area (Å²) in [5, 5.41) is -0.699. The molecule has 0 aromatic carbocycles. The van der Waals surface area contributed by atoms with Crippen molar-refractivity contribution in [1.29, 1.82) is 0 Å². The Morgan fingerprint density at radius 2 is 2.00 bits per heavy atom. The van der Waals surface area contributed by atoms with Gasteiger partial charge in [-0.1, -0.05) is 6.92 Å². The summed E-state index contributed by atoms with van der Waals surface area (Å²) in [5.41, 5.74) is 0. The third kappa shape index (κ3) is 2.33. The molecule has 0 radical (unpaired) electrons. The number of carbonyl (C=O) groups is 1. The molecule has 7 heavy (non-hydrogen) atoms. The highest BCUT2D eigenvalue weighted by atomic mass is 32.2. The summed E-state index contributed by atoms with van der Waals surface area (Å²) in [6.07, 6.45) is 0.0820. The summed E-state index contributed by atoms with van der Waals surface area (Å²) in [4.78, 5) is 9.92. The molecule has 4 heteroatoms. The minimum absolute atomic E-state index is 0.0820. The molecule has 0 saturated heterocycles. The van der Waals surface area contributed by atoms with E-state index in [2.05, 4.69) is 0 Å². The molecule has 0 heterocycles. The summed E-state index contributed by atoms with van der Waals surface area (Å²) >= 11 is 0.